The van der Waals surface area contributed by atoms with Crippen LogP contribution in [0, 0.1) is 0 Å². The van der Waals surface area contributed by atoms with Gasteiger partial charge in [0.15, 0.2) is 12.0 Å². The summed E-state index contributed by atoms with van der Waals surface area (Å²) in [6, 6.07) is 67.7. The Morgan fingerprint density at radius 1 is 0.436 bits per heavy atom. The molecule has 0 radical (unpaired) electrons. The van der Waals surface area contributed by atoms with Gasteiger partial charge in [-0.1, -0.05) is 158 Å². The van der Waals surface area contributed by atoms with E-state index in [-0.39, 0.29) is 6.23 Å². The summed E-state index contributed by atoms with van der Waals surface area (Å²) in [5.74, 6) is 0.885. The predicted molar refractivity (Wildman–Crippen MR) is 229 cm³/mol. The summed E-state index contributed by atoms with van der Waals surface area (Å²) in [5.41, 5.74) is 11.3. The van der Waals surface area contributed by atoms with Crippen LogP contribution in [0.25, 0.3) is 87.7 Å². The van der Waals surface area contributed by atoms with Crippen molar-refractivity contribution >= 4 is 70.8 Å². The molecule has 12 rings (SSSR count). The second-order valence-electron chi connectivity index (χ2n) is 14.5. The molecule has 0 aliphatic carbocycles. The second kappa shape index (κ2) is 11.6. The number of benzene rings is 9. The number of ether oxygens (including phenoxy) is 1. The van der Waals surface area contributed by atoms with Gasteiger partial charge in [0, 0.05) is 49.1 Å². The van der Waals surface area contributed by atoms with E-state index in [0.29, 0.717) is 0 Å². The summed E-state index contributed by atoms with van der Waals surface area (Å²) in [7, 11) is 0. The van der Waals surface area contributed by atoms with Crippen LogP contribution in [0.4, 0.5) is 5.69 Å². The number of rotatable bonds is 4. The van der Waals surface area contributed by atoms with Crippen LogP contribution in [0.1, 0.15) is 11.8 Å². The summed E-state index contributed by atoms with van der Waals surface area (Å²) in [5, 5.41) is 13.4. The quantitative estimate of drug-likeness (QED) is 0.185. The molecule has 1 atom stereocenters. The maximum Gasteiger partial charge on any atom is 0.196 e. The summed E-state index contributed by atoms with van der Waals surface area (Å²) in [6.45, 7) is 0. The highest BCUT2D eigenvalue weighted by molar-refractivity contribution is 6.28. The number of para-hydroxylation sites is 3. The molecular formula is C51H33N3O. The second-order valence-corrected chi connectivity index (χ2v) is 14.5. The van der Waals surface area contributed by atoms with Crippen molar-refractivity contribution in [2.75, 3.05) is 5.32 Å². The Hall–Kier alpha value is -7.30. The summed E-state index contributed by atoms with van der Waals surface area (Å²) < 4.78 is 12.0. The topological polar surface area (TPSA) is 31.1 Å². The van der Waals surface area contributed by atoms with Crippen molar-refractivity contribution in [3.05, 3.63) is 194 Å². The van der Waals surface area contributed by atoms with Crippen molar-refractivity contribution in [3.63, 3.8) is 0 Å². The molecule has 258 valence electrons. The number of aromatic nitrogens is 2. The summed E-state index contributed by atoms with van der Waals surface area (Å²) in [6.07, 6.45) is -0.338. The minimum atomic E-state index is -0.338. The van der Waals surface area contributed by atoms with Gasteiger partial charge in [-0.15, -0.1) is 0 Å². The highest BCUT2D eigenvalue weighted by Gasteiger charge is 2.34. The van der Waals surface area contributed by atoms with E-state index in [1.54, 1.807) is 0 Å². The zero-order valence-corrected chi connectivity index (χ0v) is 29.8. The lowest BCUT2D eigenvalue weighted by Crippen LogP contribution is -2.10. The van der Waals surface area contributed by atoms with E-state index in [9.17, 15) is 0 Å². The van der Waals surface area contributed by atoms with Gasteiger partial charge < -0.3 is 19.2 Å². The molecule has 1 aliphatic rings. The molecule has 1 unspecified atom stereocenters. The molecule has 0 amide bonds. The van der Waals surface area contributed by atoms with Gasteiger partial charge in [-0.3, -0.25) is 0 Å². The van der Waals surface area contributed by atoms with Crippen LogP contribution in [0.5, 0.6) is 5.75 Å². The molecule has 3 heterocycles. The van der Waals surface area contributed by atoms with Gasteiger partial charge in [-0.05, 0) is 46.7 Å². The van der Waals surface area contributed by atoms with E-state index in [4.69, 9.17) is 4.74 Å². The van der Waals surface area contributed by atoms with Gasteiger partial charge in [0.1, 0.15) is 0 Å². The molecule has 9 aromatic carbocycles. The number of fused-ring (bicyclic) bond motifs is 12. The summed E-state index contributed by atoms with van der Waals surface area (Å²) in [4.78, 5) is 0. The fraction of sp³-hybridized carbons (Fsp3) is 0.0196. The van der Waals surface area contributed by atoms with E-state index >= 15 is 0 Å². The number of hydrogen-bond donors (Lipinski definition) is 1. The average Bonchev–Trinajstić information content (AvgIpc) is 3.94. The number of nitrogens with one attached hydrogen (secondary N) is 1. The Kier molecular flexibility index (Phi) is 6.37. The maximum absolute atomic E-state index is 7.06. The molecule has 0 fully saturated rings. The lowest BCUT2D eigenvalue weighted by Gasteiger charge is -2.21. The molecule has 11 aromatic rings. The Bertz CT molecular complexity index is 3310. The van der Waals surface area contributed by atoms with Crippen molar-refractivity contribution in [1.82, 2.24) is 9.13 Å². The lowest BCUT2D eigenvalue weighted by atomic mass is 9.92. The average molecular weight is 704 g/mol. The van der Waals surface area contributed by atoms with Crippen LogP contribution in [0.3, 0.4) is 0 Å². The monoisotopic (exact) mass is 703 g/mol. The van der Waals surface area contributed by atoms with Crippen LogP contribution in [0.2, 0.25) is 0 Å². The molecule has 1 N–H and O–H groups in total. The molecule has 55 heavy (non-hydrogen) atoms. The maximum atomic E-state index is 7.06. The first kappa shape index (κ1) is 30.2. The third-order valence-electron chi connectivity index (χ3n) is 11.5. The van der Waals surface area contributed by atoms with Crippen molar-refractivity contribution < 1.29 is 4.74 Å². The van der Waals surface area contributed by atoms with Gasteiger partial charge >= 0.3 is 0 Å². The van der Waals surface area contributed by atoms with E-state index in [0.717, 1.165) is 61.3 Å². The Balaban J connectivity index is 1.29. The highest BCUT2D eigenvalue weighted by atomic mass is 16.5. The zero-order valence-electron chi connectivity index (χ0n) is 29.8. The predicted octanol–water partition coefficient (Wildman–Crippen LogP) is 13.4. The largest absolute Gasteiger partial charge is 0.464 e. The van der Waals surface area contributed by atoms with Crippen molar-refractivity contribution in [3.8, 4) is 28.3 Å². The van der Waals surface area contributed by atoms with Crippen LogP contribution in [-0.2, 0) is 0 Å². The van der Waals surface area contributed by atoms with Crippen LogP contribution >= 0.6 is 0 Å². The number of nitrogens with zero attached hydrogens (tertiary/aromatic N) is 2. The third-order valence-corrected chi connectivity index (χ3v) is 11.5. The summed E-state index contributed by atoms with van der Waals surface area (Å²) >= 11 is 0. The first-order chi connectivity index (χ1) is 27.3. The van der Waals surface area contributed by atoms with Gasteiger partial charge in [0.2, 0.25) is 0 Å². The van der Waals surface area contributed by atoms with E-state index < -0.39 is 0 Å². The SMILES string of the molecule is c1ccc(-c2c3c(c4c(ccc5ccccc54)c2-n2c4ccccc4c4c2ccc2c5ccccc5n(-c5ccccc5)c24)OC(c2ccccc2)N3)cc1. The molecule has 4 heteroatoms. The van der Waals surface area contributed by atoms with E-state index in [1.807, 2.05) is 0 Å². The first-order valence-corrected chi connectivity index (χ1v) is 18.9. The lowest BCUT2D eigenvalue weighted by molar-refractivity contribution is 0.263. The molecule has 4 nitrogen and oxygen atoms in total. The van der Waals surface area contributed by atoms with Crippen LogP contribution < -0.4 is 10.1 Å². The number of anilines is 1. The normalized spacial score (nSPS) is 13.9. The zero-order chi connectivity index (χ0) is 36.0. The van der Waals surface area contributed by atoms with Crippen molar-refractivity contribution in [2.24, 2.45) is 0 Å². The fourth-order valence-corrected chi connectivity index (χ4v) is 9.23. The number of hydrogen-bond acceptors (Lipinski definition) is 2. The van der Waals surface area contributed by atoms with Crippen molar-refractivity contribution in [1.29, 1.82) is 0 Å². The molecule has 0 saturated carbocycles. The Labute approximate surface area is 317 Å². The van der Waals surface area contributed by atoms with Gasteiger partial charge in [-0.25, -0.2) is 0 Å². The molecule has 0 spiro atoms. The molecule has 0 saturated heterocycles. The Morgan fingerprint density at radius 3 is 1.84 bits per heavy atom. The van der Waals surface area contributed by atoms with Crippen molar-refractivity contribution in [2.45, 2.75) is 6.23 Å². The van der Waals surface area contributed by atoms with Gasteiger partial charge in [-0.2, -0.15) is 0 Å². The standard InChI is InChI=1S/C51H33N3O/c1-4-17-33(18-5-1)44-47-50(55-51(52-47)34-19-6-2-7-20-34)45-36-23-11-10-16-32(36)28-29-40(45)49(44)54-42-27-15-13-25-39(42)46-43(54)31-30-38-37-24-12-14-26-41(37)53(48(38)46)35-21-8-3-9-22-35/h1-31,51-52H. The molecule has 0 bridgehead atoms. The smallest absolute Gasteiger partial charge is 0.196 e. The Morgan fingerprint density at radius 2 is 1.05 bits per heavy atom. The van der Waals surface area contributed by atoms with E-state index in [1.165, 1.54) is 43.4 Å². The van der Waals surface area contributed by atoms with Gasteiger partial charge in [0.05, 0.1) is 33.4 Å². The molecule has 1 aliphatic heterocycles. The fourth-order valence-electron chi connectivity index (χ4n) is 9.23. The molecular weight excluding hydrogens is 671 g/mol. The minimum Gasteiger partial charge on any atom is -0.464 e. The van der Waals surface area contributed by atoms with Crippen LogP contribution in [-0.4, -0.2) is 9.13 Å². The third kappa shape index (κ3) is 4.28. The molecule has 2 aromatic heterocycles. The van der Waals surface area contributed by atoms with Crippen LogP contribution in [0.15, 0.2) is 188 Å². The minimum absolute atomic E-state index is 0.338. The first-order valence-electron chi connectivity index (χ1n) is 18.9. The van der Waals surface area contributed by atoms with E-state index in [2.05, 4.69) is 203 Å². The van der Waals surface area contributed by atoms with Gasteiger partial charge in [0.25, 0.3) is 0 Å². The highest BCUT2D eigenvalue weighted by Crippen LogP contribution is 2.55.